The number of hydrogen-bond donors (Lipinski definition) is 2. The van der Waals surface area contributed by atoms with Crippen LogP contribution in [0, 0.1) is 18.7 Å². The van der Waals surface area contributed by atoms with Crippen molar-refractivity contribution in [2.45, 2.75) is 45.1 Å². The number of nitrogens with one attached hydrogen (secondary N) is 1. The normalized spacial score (nSPS) is 22.6. The molecule has 0 heterocycles. The lowest BCUT2D eigenvalue weighted by Gasteiger charge is -2.25. The summed E-state index contributed by atoms with van der Waals surface area (Å²) in [5.74, 6) is -0.0422. The monoisotopic (exact) mass is 278 g/mol. The zero-order chi connectivity index (χ0) is 14.5. The maximum atomic E-state index is 13.0. The van der Waals surface area contributed by atoms with E-state index in [2.05, 4.69) is 5.32 Å². The van der Waals surface area contributed by atoms with Crippen LogP contribution >= 0.6 is 0 Å². The van der Waals surface area contributed by atoms with Crippen molar-refractivity contribution in [2.75, 3.05) is 6.54 Å². The molecule has 4 heteroatoms. The number of halogens is 1. The number of aryl methyl sites for hydroxylation is 1. The molecule has 0 spiro atoms. The smallest absolute Gasteiger partial charge is 0.223 e. The summed E-state index contributed by atoms with van der Waals surface area (Å²) in [6.45, 7) is 2.48. The Balaban J connectivity index is 1.79. The third-order valence-electron chi connectivity index (χ3n) is 4.08. The van der Waals surface area contributed by atoms with Gasteiger partial charge in [0.15, 0.2) is 0 Å². The fraction of sp³-hybridized carbons (Fsp3) is 0.562. The van der Waals surface area contributed by atoms with Crippen LogP contribution in [-0.2, 0) is 11.2 Å². The van der Waals surface area contributed by atoms with Gasteiger partial charge >= 0.3 is 0 Å². The zero-order valence-electron chi connectivity index (χ0n) is 12.0. The van der Waals surface area contributed by atoms with Crippen LogP contribution in [0.2, 0.25) is 0 Å². The van der Waals surface area contributed by atoms with Crippen molar-refractivity contribution in [3.63, 3.8) is 0 Å². The van der Waals surface area contributed by atoms with Gasteiger partial charge in [-0.05, 0) is 55.9 Å². The summed E-state index contributed by atoms with van der Waals surface area (Å²) in [6.07, 6.45) is 4.53. The molecular weight excluding hydrogens is 255 g/mol. The van der Waals surface area contributed by atoms with Gasteiger partial charge in [0.25, 0.3) is 0 Å². The maximum Gasteiger partial charge on any atom is 0.223 e. The van der Waals surface area contributed by atoms with E-state index in [4.69, 9.17) is 5.73 Å². The summed E-state index contributed by atoms with van der Waals surface area (Å²) in [7, 11) is 0. The first kappa shape index (κ1) is 15.0. The minimum Gasteiger partial charge on any atom is -0.356 e. The van der Waals surface area contributed by atoms with E-state index >= 15 is 0 Å². The summed E-state index contributed by atoms with van der Waals surface area (Å²) in [4.78, 5) is 12.0. The highest BCUT2D eigenvalue weighted by Gasteiger charge is 2.24. The van der Waals surface area contributed by atoms with E-state index in [9.17, 15) is 9.18 Å². The van der Waals surface area contributed by atoms with E-state index in [-0.39, 0.29) is 23.7 Å². The van der Waals surface area contributed by atoms with Gasteiger partial charge in [-0.1, -0.05) is 12.5 Å². The summed E-state index contributed by atoms with van der Waals surface area (Å²) in [5.41, 5.74) is 7.91. The molecule has 0 saturated heterocycles. The number of rotatable bonds is 4. The molecule has 1 amide bonds. The van der Waals surface area contributed by atoms with Crippen LogP contribution in [0.4, 0.5) is 4.39 Å². The van der Waals surface area contributed by atoms with E-state index in [1.165, 1.54) is 12.1 Å². The lowest BCUT2D eigenvalue weighted by Crippen LogP contribution is -2.38. The molecule has 20 heavy (non-hydrogen) atoms. The van der Waals surface area contributed by atoms with Gasteiger partial charge in [0.1, 0.15) is 5.82 Å². The van der Waals surface area contributed by atoms with E-state index in [1.54, 1.807) is 6.07 Å². The van der Waals surface area contributed by atoms with Crippen LogP contribution in [0.1, 0.15) is 36.8 Å². The maximum absolute atomic E-state index is 13.0. The average molecular weight is 278 g/mol. The van der Waals surface area contributed by atoms with Crippen molar-refractivity contribution in [3.05, 3.63) is 35.1 Å². The second kappa shape index (κ2) is 6.84. The molecule has 0 radical (unpaired) electrons. The van der Waals surface area contributed by atoms with E-state index in [1.807, 2.05) is 6.92 Å². The molecule has 2 unspecified atom stereocenters. The van der Waals surface area contributed by atoms with Crippen molar-refractivity contribution >= 4 is 5.91 Å². The zero-order valence-corrected chi connectivity index (χ0v) is 12.0. The molecule has 1 fully saturated rings. The average Bonchev–Trinajstić information content (AvgIpc) is 2.41. The van der Waals surface area contributed by atoms with E-state index in [0.717, 1.165) is 43.2 Å². The van der Waals surface area contributed by atoms with Crippen LogP contribution in [0.25, 0.3) is 0 Å². The summed E-state index contributed by atoms with van der Waals surface area (Å²) >= 11 is 0. The Morgan fingerprint density at radius 3 is 2.95 bits per heavy atom. The quantitative estimate of drug-likeness (QED) is 0.888. The van der Waals surface area contributed by atoms with Gasteiger partial charge in [0.2, 0.25) is 5.91 Å². The summed E-state index contributed by atoms with van der Waals surface area (Å²) in [6, 6.07) is 4.94. The van der Waals surface area contributed by atoms with Gasteiger partial charge < -0.3 is 11.1 Å². The Morgan fingerprint density at radius 2 is 2.25 bits per heavy atom. The van der Waals surface area contributed by atoms with Crippen LogP contribution in [0.3, 0.4) is 0 Å². The first-order valence-electron chi connectivity index (χ1n) is 7.34. The van der Waals surface area contributed by atoms with Crippen molar-refractivity contribution in [1.82, 2.24) is 5.32 Å². The Labute approximate surface area is 119 Å². The molecule has 1 aliphatic carbocycles. The van der Waals surface area contributed by atoms with Crippen LogP contribution in [0.15, 0.2) is 18.2 Å². The Bertz CT molecular complexity index is 476. The Hall–Kier alpha value is -1.42. The topological polar surface area (TPSA) is 55.1 Å². The minimum absolute atomic E-state index is 0.0630. The van der Waals surface area contributed by atoms with Crippen molar-refractivity contribution in [1.29, 1.82) is 0 Å². The van der Waals surface area contributed by atoms with Gasteiger partial charge in [-0.3, -0.25) is 4.79 Å². The Morgan fingerprint density at radius 1 is 1.45 bits per heavy atom. The van der Waals surface area contributed by atoms with Crippen molar-refractivity contribution in [3.8, 4) is 0 Å². The predicted octanol–water partition coefficient (Wildman–Crippen LogP) is 2.31. The number of hydrogen-bond acceptors (Lipinski definition) is 2. The lowest BCUT2D eigenvalue weighted by molar-refractivity contribution is -0.126. The number of benzene rings is 1. The molecular formula is C16H23FN2O. The number of amides is 1. The van der Waals surface area contributed by atoms with Gasteiger partial charge in [-0.2, -0.15) is 0 Å². The SMILES string of the molecule is Cc1cc(F)ccc1CCNC(=O)C1CCCC(N)C1. The summed E-state index contributed by atoms with van der Waals surface area (Å²) < 4.78 is 13.0. The first-order chi connectivity index (χ1) is 9.56. The molecule has 2 atom stereocenters. The first-order valence-corrected chi connectivity index (χ1v) is 7.34. The van der Waals surface area contributed by atoms with Gasteiger partial charge in [-0.25, -0.2) is 4.39 Å². The fourth-order valence-corrected chi connectivity index (χ4v) is 2.87. The van der Waals surface area contributed by atoms with Crippen LogP contribution in [-0.4, -0.2) is 18.5 Å². The lowest BCUT2D eigenvalue weighted by atomic mass is 9.85. The molecule has 1 saturated carbocycles. The van der Waals surface area contributed by atoms with Gasteiger partial charge in [0.05, 0.1) is 0 Å². The minimum atomic E-state index is -0.216. The van der Waals surface area contributed by atoms with Gasteiger partial charge in [-0.15, -0.1) is 0 Å². The highest BCUT2D eigenvalue weighted by molar-refractivity contribution is 5.78. The molecule has 0 bridgehead atoms. The summed E-state index contributed by atoms with van der Waals surface area (Å²) in [5, 5.41) is 2.98. The molecule has 3 N–H and O–H groups in total. The number of carbonyl (C=O) groups is 1. The van der Waals surface area contributed by atoms with Gasteiger partial charge in [0, 0.05) is 18.5 Å². The second-order valence-electron chi connectivity index (χ2n) is 5.74. The van der Waals surface area contributed by atoms with Crippen LogP contribution in [0.5, 0.6) is 0 Å². The van der Waals surface area contributed by atoms with Crippen LogP contribution < -0.4 is 11.1 Å². The highest BCUT2D eigenvalue weighted by atomic mass is 19.1. The molecule has 0 aromatic heterocycles. The largest absolute Gasteiger partial charge is 0.356 e. The fourth-order valence-electron chi connectivity index (χ4n) is 2.87. The Kier molecular flexibility index (Phi) is 5.12. The molecule has 1 aromatic rings. The second-order valence-corrected chi connectivity index (χ2v) is 5.74. The van der Waals surface area contributed by atoms with Crippen molar-refractivity contribution in [2.24, 2.45) is 11.7 Å². The number of nitrogens with two attached hydrogens (primary N) is 1. The molecule has 1 aromatic carbocycles. The predicted molar refractivity (Wildman–Crippen MR) is 77.8 cm³/mol. The molecule has 110 valence electrons. The molecule has 2 rings (SSSR count). The number of carbonyl (C=O) groups excluding carboxylic acids is 1. The highest BCUT2D eigenvalue weighted by Crippen LogP contribution is 2.23. The molecule has 3 nitrogen and oxygen atoms in total. The molecule has 0 aliphatic heterocycles. The third kappa shape index (κ3) is 4.04. The van der Waals surface area contributed by atoms with Crippen molar-refractivity contribution < 1.29 is 9.18 Å². The third-order valence-corrected chi connectivity index (χ3v) is 4.08. The standard InChI is InChI=1S/C16H23FN2O/c1-11-9-14(17)6-5-12(11)7-8-19-16(20)13-3-2-4-15(18)10-13/h5-6,9,13,15H,2-4,7-8,10,18H2,1H3,(H,19,20). The van der Waals surface area contributed by atoms with E-state index < -0.39 is 0 Å². The van der Waals surface area contributed by atoms with E-state index in [0.29, 0.717) is 6.54 Å². The molecule has 1 aliphatic rings.